The van der Waals surface area contributed by atoms with Crippen molar-refractivity contribution in [3.05, 3.63) is 71.6 Å². The number of rotatable bonds is 4. The number of sulfone groups is 1. The Hall–Kier alpha value is -2.77. The first kappa shape index (κ1) is 16.7. The number of hydrogen-bond donors (Lipinski definition) is 0. The summed E-state index contributed by atoms with van der Waals surface area (Å²) in [6, 6.07) is 12.9. The third-order valence-electron chi connectivity index (χ3n) is 3.74. The summed E-state index contributed by atoms with van der Waals surface area (Å²) in [5.74, 6) is 0.132. The lowest BCUT2D eigenvalue weighted by atomic mass is 10.2. The van der Waals surface area contributed by atoms with Gasteiger partial charge in [0.1, 0.15) is 0 Å². The highest BCUT2D eigenvalue weighted by molar-refractivity contribution is 7.90. The summed E-state index contributed by atoms with van der Waals surface area (Å²) in [6.45, 7) is 0. The van der Waals surface area contributed by atoms with Crippen LogP contribution >= 0.6 is 11.6 Å². The number of hydrogen-bond acceptors (Lipinski definition) is 6. The normalized spacial score (nSPS) is 11.7. The van der Waals surface area contributed by atoms with Gasteiger partial charge in [-0.15, -0.1) is 0 Å². The van der Waals surface area contributed by atoms with E-state index in [2.05, 4.69) is 15.0 Å². The first-order valence-electron chi connectivity index (χ1n) is 7.66. The lowest BCUT2D eigenvalue weighted by Gasteiger charge is -2.05. The van der Waals surface area contributed by atoms with Gasteiger partial charge < -0.3 is 4.42 Å². The third-order valence-corrected chi connectivity index (χ3v) is 5.66. The van der Waals surface area contributed by atoms with Crippen LogP contribution in [0, 0.1) is 0 Å². The van der Waals surface area contributed by atoms with E-state index in [0.717, 1.165) is 0 Å². The minimum Gasteiger partial charge on any atom is -0.434 e. The summed E-state index contributed by atoms with van der Waals surface area (Å²) in [5.41, 5.74) is 2.09. The molecule has 0 aliphatic carbocycles. The van der Waals surface area contributed by atoms with Crippen LogP contribution in [0.15, 0.2) is 70.2 Å². The second-order valence-corrected chi connectivity index (χ2v) is 8.02. The minimum absolute atomic E-state index is 0.195. The molecule has 8 heteroatoms. The lowest BCUT2D eigenvalue weighted by molar-refractivity contribution is 0.594. The zero-order valence-corrected chi connectivity index (χ0v) is 14.9. The van der Waals surface area contributed by atoms with Gasteiger partial charge in [0, 0.05) is 23.0 Å². The molecule has 0 saturated heterocycles. The Bertz CT molecular complexity index is 1150. The molecule has 0 amide bonds. The molecule has 0 aliphatic rings. The third kappa shape index (κ3) is 3.31. The van der Waals surface area contributed by atoms with E-state index in [0.29, 0.717) is 33.4 Å². The maximum atomic E-state index is 12.6. The second kappa shape index (κ2) is 6.51. The number of halogens is 1. The minimum atomic E-state index is -3.54. The molecular formula is C18H12ClN3O3S. The maximum Gasteiger partial charge on any atom is 0.229 e. The molecule has 26 heavy (non-hydrogen) atoms. The molecule has 0 N–H and O–H groups in total. The van der Waals surface area contributed by atoms with E-state index in [9.17, 15) is 8.42 Å². The lowest BCUT2D eigenvalue weighted by Crippen LogP contribution is -2.06. The fourth-order valence-electron chi connectivity index (χ4n) is 2.50. The molecule has 0 aliphatic heterocycles. The quantitative estimate of drug-likeness (QED) is 0.529. The zero-order valence-electron chi connectivity index (χ0n) is 13.3. The molecule has 0 radical (unpaired) electrons. The number of nitrogens with zero attached hydrogens (tertiary/aromatic N) is 3. The Morgan fingerprint density at radius 2 is 1.81 bits per heavy atom. The van der Waals surface area contributed by atoms with Crippen LogP contribution in [-0.4, -0.2) is 23.4 Å². The van der Waals surface area contributed by atoms with Crippen LogP contribution in [0.25, 0.3) is 22.7 Å². The first-order valence-corrected chi connectivity index (χ1v) is 9.69. The molecule has 0 unspecified atom stereocenters. The average molecular weight is 386 g/mol. The molecule has 3 aromatic heterocycles. The van der Waals surface area contributed by atoms with Gasteiger partial charge in [0.2, 0.25) is 5.89 Å². The summed E-state index contributed by atoms with van der Waals surface area (Å²) < 4.78 is 30.8. The van der Waals surface area contributed by atoms with E-state index in [4.69, 9.17) is 16.0 Å². The van der Waals surface area contributed by atoms with Crippen molar-refractivity contribution in [3.63, 3.8) is 0 Å². The zero-order chi connectivity index (χ0) is 18.1. The van der Waals surface area contributed by atoms with Crippen molar-refractivity contribution in [1.29, 1.82) is 0 Å². The fourth-order valence-corrected chi connectivity index (χ4v) is 3.89. The Labute approximate surface area is 154 Å². The number of fused-ring (bicyclic) bond motifs is 1. The van der Waals surface area contributed by atoms with Crippen molar-refractivity contribution in [2.24, 2.45) is 0 Å². The number of aromatic nitrogens is 3. The van der Waals surface area contributed by atoms with E-state index < -0.39 is 9.84 Å². The predicted molar refractivity (Wildman–Crippen MR) is 97.4 cm³/mol. The highest BCUT2D eigenvalue weighted by atomic mass is 35.5. The smallest absolute Gasteiger partial charge is 0.229 e. The van der Waals surface area contributed by atoms with Crippen LogP contribution in [0.1, 0.15) is 5.69 Å². The first-order chi connectivity index (χ1) is 12.5. The fraction of sp³-hybridized carbons (Fsp3) is 0.0556. The maximum absolute atomic E-state index is 12.6. The molecule has 0 bridgehead atoms. The summed E-state index contributed by atoms with van der Waals surface area (Å²) in [6.07, 6.45) is 3.16. The summed E-state index contributed by atoms with van der Waals surface area (Å²) in [5, 5.41) is 0.480. The molecule has 4 aromatic rings. The molecule has 0 saturated carbocycles. The van der Waals surface area contributed by atoms with Crippen LogP contribution in [0.4, 0.5) is 0 Å². The van der Waals surface area contributed by atoms with Crippen LogP contribution in [0.2, 0.25) is 5.02 Å². The van der Waals surface area contributed by atoms with Gasteiger partial charge in [-0.05, 0) is 48.5 Å². The van der Waals surface area contributed by atoms with Gasteiger partial charge >= 0.3 is 0 Å². The molecule has 0 fully saturated rings. The van der Waals surface area contributed by atoms with Gasteiger partial charge in [0.05, 0.1) is 16.3 Å². The molecule has 0 atom stereocenters. The standard InChI is InChI=1S/C18H12ClN3O3S/c19-13-3-5-15(6-4-13)26(23,24)11-14-10-12(7-9-20-14)18-22-17-16(25-18)2-1-8-21-17/h1-10H,11H2. The molecule has 0 spiro atoms. The van der Waals surface area contributed by atoms with Gasteiger partial charge in [0.15, 0.2) is 21.1 Å². The largest absolute Gasteiger partial charge is 0.434 e. The molecule has 3 heterocycles. The van der Waals surface area contributed by atoms with Gasteiger partial charge in [-0.3, -0.25) is 4.98 Å². The summed E-state index contributed by atoms with van der Waals surface area (Å²) >= 11 is 5.81. The van der Waals surface area contributed by atoms with E-state index in [-0.39, 0.29) is 10.6 Å². The topological polar surface area (TPSA) is 86.0 Å². The highest BCUT2D eigenvalue weighted by Crippen LogP contribution is 2.24. The van der Waals surface area contributed by atoms with E-state index in [1.807, 2.05) is 0 Å². The van der Waals surface area contributed by atoms with Gasteiger partial charge in [-0.25, -0.2) is 13.4 Å². The number of oxazole rings is 1. The Kier molecular flexibility index (Phi) is 4.18. The highest BCUT2D eigenvalue weighted by Gasteiger charge is 2.17. The van der Waals surface area contributed by atoms with E-state index in [1.165, 1.54) is 18.3 Å². The van der Waals surface area contributed by atoms with Crippen molar-refractivity contribution < 1.29 is 12.8 Å². The van der Waals surface area contributed by atoms with Crippen LogP contribution < -0.4 is 0 Å². The Morgan fingerprint density at radius 3 is 2.58 bits per heavy atom. The SMILES string of the molecule is O=S(=O)(Cc1cc(-c2nc3ncccc3o2)ccn1)c1ccc(Cl)cc1. The summed E-state index contributed by atoms with van der Waals surface area (Å²) in [4.78, 5) is 12.8. The van der Waals surface area contributed by atoms with Crippen LogP contribution in [-0.2, 0) is 15.6 Å². The van der Waals surface area contributed by atoms with Gasteiger partial charge in [0.25, 0.3) is 0 Å². The molecule has 4 rings (SSSR count). The van der Waals surface area contributed by atoms with Crippen molar-refractivity contribution in [1.82, 2.24) is 15.0 Å². The van der Waals surface area contributed by atoms with E-state index >= 15 is 0 Å². The number of benzene rings is 1. The summed E-state index contributed by atoms with van der Waals surface area (Å²) in [7, 11) is -3.54. The van der Waals surface area contributed by atoms with Crippen molar-refractivity contribution in [2.45, 2.75) is 10.6 Å². The van der Waals surface area contributed by atoms with Crippen molar-refractivity contribution >= 4 is 32.7 Å². The van der Waals surface area contributed by atoms with Gasteiger partial charge in [-0.2, -0.15) is 4.98 Å². The van der Waals surface area contributed by atoms with E-state index in [1.54, 1.807) is 42.6 Å². The van der Waals surface area contributed by atoms with Crippen LogP contribution in [0.5, 0.6) is 0 Å². The van der Waals surface area contributed by atoms with Gasteiger partial charge in [-0.1, -0.05) is 11.6 Å². The second-order valence-electron chi connectivity index (χ2n) is 5.59. The van der Waals surface area contributed by atoms with Crippen molar-refractivity contribution in [3.8, 4) is 11.5 Å². The molecular weight excluding hydrogens is 374 g/mol. The monoisotopic (exact) mass is 385 g/mol. The molecule has 130 valence electrons. The van der Waals surface area contributed by atoms with Crippen LogP contribution in [0.3, 0.4) is 0 Å². The molecule has 1 aromatic carbocycles. The average Bonchev–Trinajstić information content (AvgIpc) is 3.06. The Balaban J connectivity index is 1.66. The Morgan fingerprint density at radius 1 is 1.00 bits per heavy atom. The predicted octanol–water partition coefficient (Wildman–Crippen LogP) is 3.91. The van der Waals surface area contributed by atoms with Crippen molar-refractivity contribution in [2.75, 3.05) is 0 Å². The number of pyridine rings is 2. The molecule has 6 nitrogen and oxygen atoms in total.